The van der Waals surface area contributed by atoms with E-state index in [4.69, 9.17) is 4.74 Å². The molecule has 0 unspecified atom stereocenters. The molecule has 1 aliphatic carbocycles. The van der Waals surface area contributed by atoms with Gasteiger partial charge < -0.3 is 14.7 Å². The molecule has 0 aromatic carbocycles. The van der Waals surface area contributed by atoms with E-state index in [1.165, 1.54) is 0 Å². The molecule has 2 aliphatic rings. The highest BCUT2D eigenvalue weighted by Crippen LogP contribution is 2.43. The lowest BCUT2D eigenvalue weighted by Crippen LogP contribution is -2.51. The van der Waals surface area contributed by atoms with Gasteiger partial charge in [-0.2, -0.15) is 0 Å². The molecule has 18 heavy (non-hydrogen) atoms. The molecule has 1 saturated carbocycles. The van der Waals surface area contributed by atoms with Crippen LogP contribution in [0.5, 0.6) is 0 Å². The van der Waals surface area contributed by atoms with Crippen molar-refractivity contribution in [3.8, 4) is 0 Å². The van der Waals surface area contributed by atoms with Crippen LogP contribution in [0.3, 0.4) is 0 Å². The third-order valence-electron chi connectivity index (χ3n) is 4.85. The monoisotopic (exact) mass is 255 g/mol. The lowest BCUT2D eigenvalue weighted by atomic mass is 9.68. The first-order chi connectivity index (χ1) is 8.50. The van der Waals surface area contributed by atoms with Gasteiger partial charge in [-0.1, -0.05) is 13.3 Å². The maximum Gasteiger partial charge on any atom is 0.310 e. The van der Waals surface area contributed by atoms with Crippen molar-refractivity contribution in [2.45, 2.75) is 39.0 Å². The summed E-state index contributed by atoms with van der Waals surface area (Å²) in [6, 6.07) is 0. The number of rotatable bonds is 5. The van der Waals surface area contributed by atoms with Crippen LogP contribution in [0.2, 0.25) is 0 Å². The zero-order chi connectivity index (χ0) is 13.2. The first-order valence-electron chi connectivity index (χ1n) is 6.94. The minimum Gasteiger partial charge on any atom is -0.481 e. The van der Waals surface area contributed by atoms with Gasteiger partial charge in [-0.3, -0.25) is 4.79 Å². The van der Waals surface area contributed by atoms with Crippen LogP contribution in [-0.2, 0) is 9.53 Å². The van der Waals surface area contributed by atoms with E-state index in [-0.39, 0.29) is 5.41 Å². The Morgan fingerprint density at radius 3 is 2.28 bits per heavy atom. The molecule has 1 saturated heterocycles. The molecule has 0 amide bonds. The van der Waals surface area contributed by atoms with Crippen molar-refractivity contribution >= 4 is 5.97 Å². The summed E-state index contributed by atoms with van der Waals surface area (Å²) >= 11 is 0. The first kappa shape index (κ1) is 13.8. The highest BCUT2D eigenvalue weighted by atomic mass is 16.5. The van der Waals surface area contributed by atoms with E-state index in [0.717, 1.165) is 58.3 Å². The molecular weight excluding hydrogens is 230 g/mol. The number of hydrogen-bond acceptors (Lipinski definition) is 3. The van der Waals surface area contributed by atoms with Crippen molar-refractivity contribution in [1.82, 2.24) is 4.90 Å². The number of carboxylic acids is 1. The average molecular weight is 255 g/mol. The minimum absolute atomic E-state index is 0.279. The van der Waals surface area contributed by atoms with E-state index in [1.54, 1.807) is 7.11 Å². The molecule has 4 nitrogen and oxygen atoms in total. The van der Waals surface area contributed by atoms with Crippen LogP contribution in [-0.4, -0.2) is 49.3 Å². The fourth-order valence-corrected chi connectivity index (χ4v) is 3.21. The van der Waals surface area contributed by atoms with Gasteiger partial charge >= 0.3 is 5.97 Å². The Kier molecular flexibility index (Phi) is 3.97. The molecule has 2 rings (SSSR count). The smallest absolute Gasteiger partial charge is 0.310 e. The Morgan fingerprint density at radius 2 is 1.89 bits per heavy atom. The SMILES string of the molecule is COCC1(C)CCN(CC2(C(=O)O)CCC2)CC1. The third-order valence-corrected chi connectivity index (χ3v) is 4.85. The predicted molar refractivity (Wildman–Crippen MR) is 69.6 cm³/mol. The molecule has 2 fully saturated rings. The van der Waals surface area contributed by atoms with Gasteiger partial charge in [0.15, 0.2) is 0 Å². The number of likely N-dealkylation sites (tertiary alicyclic amines) is 1. The predicted octanol–water partition coefficient (Wildman–Crippen LogP) is 1.99. The molecule has 4 heteroatoms. The Hall–Kier alpha value is -0.610. The number of nitrogens with zero attached hydrogens (tertiary/aromatic N) is 1. The molecule has 0 atom stereocenters. The van der Waals surface area contributed by atoms with Crippen LogP contribution >= 0.6 is 0 Å². The summed E-state index contributed by atoms with van der Waals surface area (Å²) in [5, 5.41) is 9.35. The second-order valence-corrected chi connectivity index (χ2v) is 6.46. The van der Waals surface area contributed by atoms with Gasteiger partial charge in [0.25, 0.3) is 0 Å². The standard InChI is InChI=1S/C14H25NO3/c1-13(11-18-2)6-8-15(9-7-13)10-14(12(16)17)4-3-5-14/h3-11H2,1-2H3,(H,16,17). The summed E-state index contributed by atoms with van der Waals surface area (Å²) < 4.78 is 5.28. The molecular formula is C14H25NO3. The highest BCUT2D eigenvalue weighted by Gasteiger charge is 2.46. The third kappa shape index (κ3) is 2.69. The maximum absolute atomic E-state index is 11.4. The zero-order valence-electron chi connectivity index (χ0n) is 11.6. The second-order valence-electron chi connectivity index (χ2n) is 6.46. The van der Waals surface area contributed by atoms with Gasteiger partial charge in [-0.25, -0.2) is 0 Å². The number of ether oxygens (including phenoxy) is 1. The highest BCUT2D eigenvalue weighted by molar-refractivity contribution is 5.76. The van der Waals surface area contributed by atoms with Crippen LogP contribution in [0.15, 0.2) is 0 Å². The van der Waals surface area contributed by atoms with Gasteiger partial charge in [0.2, 0.25) is 0 Å². The molecule has 0 aromatic rings. The molecule has 0 spiro atoms. The van der Waals surface area contributed by atoms with Crippen molar-refractivity contribution in [3.63, 3.8) is 0 Å². The first-order valence-corrected chi connectivity index (χ1v) is 6.94. The van der Waals surface area contributed by atoms with E-state index >= 15 is 0 Å². The van der Waals surface area contributed by atoms with Gasteiger partial charge in [-0.05, 0) is 44.2 Å². The second kappa shape index (κ2) is 5.17. The van der Waals surface area contributed by atoms with Crippen molar-refractivity contribution < 1.29 is 14.6 Å². The van der Waals surface area contributed by atoms with Gasteiger partial charge in [0.1, 0.15) is 0 Å². The van der Waals surface area contributed by atoms with E-state index in [2.05, 4.69) is 11.8 Å². The molecule has 1 heterocycles. The number of methoxy groups -OCH3 is 1. The van der Waals surface area contributed by atoms with E-state index in [9.17, 15) is 9.90 Å². The fraction of sp³-hybridized carbons (Fsp3) is 0.929. The Bertz CT molecular complexity index is 304. The summed E-state index contributed by atoms with van der Waals surface area (Å²) in [5.74, 6) is -0.598. The fourth-order valence-electron chi connectivity index (χ4n) is 3.21. The molecule has 0 bridgehead atoms. The lowest BCUT2D eigenvalue weighted by molar-refractivity contribution is -0.156. The lowest BCUT2D eigenvalue weighted by Gasteiger charge is -2.45. The van der Waals surface area contributed by atoms with Crippen LogP contribution in [0.4, 0.5) is 0 Å². The van der Waals surface area contributed by atoms with Crippen molar-refractivity contribution in [3.05, 3.63) is 0 Å². The van der Waals surface area contributed by atoms with Gasteiger partial charge in [-0.15, -0.1) is 0 Å². The Balaban J connectivity index is 1.85. The summed E-state index contributed by atoms with van der Waals surface area (Å²) in [7, 11) is 1.76. The van der Waals surface area contributed by atoms with E-state index in [1.807, 2.05) is 0 Å². The van der Waals surface area contributed by atoms with E-state index in [0.29, 0.717) is 0 Å². The summed E-state index contributed by atoms with van der Waals surface area (Å²) in [4.78, 5) is 13.7. The van der Waals surface area contributed by atoms with Crippen molar-refractivity contribution in [2.24, 2.45) is 10.8 Å². The number of carboxylic acid groups (broad SMARTS) is 1. The number of aliphatic carboxylic acids is 1. The number of piperidine rings is 1. The molecule has 104 valence electrons. The number of carbonyl (C=O) groups is 1. The molecule has 0 aromatic heterocycles. The number of hydrogen-bond donors (Lipinski definition) is 1. The zero-order valence-corrected chi connectivity index (χ0v) is 11.6. The Labute approximate surface area is 109 Å². The summed E-state index contributed by atoms with van der Waals surface area (Å²) in [6.07, 6.45) is 5.00. The van der Waals surface area contributed by atoms with E-state index < -0.39 is 11.4 Å². The van der Waals surface area contributed by atoms with Crippen LogP contribution < -0.4 is 0 Å². The quantitative estimate of drug-likeness (QED) is 0.816. The Morgan fingerprint density at radius 1 is 1.28 bits per heavy atom. The summed E-state index contributed by atoms with van der Waals surface area (Å²) in [6.45, 7) is 5.84. The summed E-state index contributed by atoms with van der Waals surface area (Å²) in [5.41, 5.74) is -0.156. The molecule has 1 N–H and O–H groups in total. The van der Waals surface area contributed by atoms with Crippen LogP contribution in [0, 0.1) is 10.8 Å². The van der Waals surface area contributed by atoms with Crippen molar-refractivity contribution in [2.75, 3.05) is 33.4 Å². The average Bonchev–Trinajstić information content (AvgIpc) is 2.26. The maximum atomic E-state index is 11.4. The normalized spacial score (nSPS) is 26.6. The van der Waals surface area contributed by atoms with Gasteiger partial charge in [0.05, 0.1) is 12.0 Å². The largest absolute Gasteiger partial charge is 0.481 e. The van der Waals surface area contributed by atoms with Crippen LogP contribution in [0.25, 0.3) is 0 Å². The molecule has 0 radical (unpaired) electrons. The van der Waals surface area contributed by atoms with Crippen molar-refractivity contribution in [1.29, 1.82) is 0 Å². The van der Waals surface area contributed by atoms with Crippen LogP contribution in [0.1, 0.15) is 39.0 Å². The topological polar surface area (TPSA) is 49.8 Å². The van der Waals surface area contributed by atoms with Gasteiger partial charge in [0, 0.05) is 13.7 Å². The minimum atomic E-state index is -0.598. The molecule has 1 aliphatic heterocycles.